The first kappa shape index (κ1) is 23.3. The van der Waals surface area contributed by atoms with E-state index in [-0.39, 0.29) is 17.2 Å². The van der Waals surface area contributed by atoms with Crippen LogP contribution in [0.4, 0.5) is 18.9 Å². The second-order valence-electron chi connectivity index (χ2n) is 9.16. The van der Waals surface area contributed by atoms with Gasteiger partial charge in [0.05, 0.1) is 11.6 Å². The number of nitrogens with one attached hydrogen (secondary N) is 1. The first-order valence-electron chi connectivity index (χ1n) is 11.1. The van der Waals surface area contributed by atoms with Crippen LogP contribution < -0.4 is 5.32 Å². The zero-order valence-corrected chi connectivity index (χ0v) is 19.0. The van der Waals surface area contributed by atoms with Crippen LogP contribution in [0.5, 0.6) is 5.75 Å². The molecule has 1 aliphatic rings. The molecule has 176 valence electrons. The molecule has 5 nitrogen and oxygen atoms in total. The zero-order valence-electron chi connectivity index (χ0n) is 19.0. The Morgan fingerprint density at radius 1 is 1.24 bits per heavy atom. The highest BCUT2D eigenvalue weighted by atomic mass is 19.4. The molecule has 8 heteroatoms. The molecule has 0 unspecified atom stereocenters. The minimum atomic E-state index is -4.89. The van der Waals surface area contributed by atoms with Crippen LogP contribution in [0.15, 0.2) is 36.5 Å². The maximum Gasteiger partial charge on any atom is 0.419 e. The number of rotatable bonds is 4. The summed E-state index contributed by atoms with van der Waals surface area (Å²) in [4.78, 5) is 8.55. The lowest BCUT2D eigenvalue weighted by Crippen LogP contribution is -2.55. The van der Waals surface area contributed by atoms with Crippen LogP contribution in [0.3, 0.4) is 0 Å². The van der Waals surface area contributed by atoms with Crippen molar-refractivity contribution in [3.8, 4) is 5.75 Å². The molecule has 0 bridgehead atoms. The van der Waals surface area contributed by atoms with Gasteiger partial charge < -0.3 is 15.5 Å². The molecule has 2 aromatic carbocycles. The van der Waals surface area contributed by atoms with E-state index in [0.717, 1.165) is 0 Å². The summed E-state index contributed by atoms with van der Waals surface area (Å²) in [6.07, 6.45) is -3.52. The molecule has 0 aliphatic heterocycles. The Kier molecular flexibility index (Phi) is 5.76. The standard InChI is InChI=1S/C25H28F3N3O2/c1-5-15-11-24(33,25(26,27)28)23(17-9-16(13(2)3)10-21(32)22(15)17)31-20-8-6-7-19-18(20)12-29-14(4)30-19/h6-10,12-13,15,23,31-33H,5,11H2,1-4H3/t15-,23+,24-/m1/s1. The number of aromatic hydroxyl groups is 1. The molecule has 0 saturated carbocycles. The van der Waals surface area contributed by atoms with Crippen molar-refractivity contribution in [1.82, 2.24) is 9.97 Å². The SMILES string of the molecule is CC[C@@H]1C[C@](O)(C(F)(F)F)[C@@H](Nc2cccc3nc(C)ncc23)c2cc(C(C)C)cc(O)c21. The first-order valence-corrected chi connectivity index (χ1v) is 11.1. The van der Waals surface area contributed by atoms with Gasteiger partial charge >= 0.3 is 6.18 Å². The smallest absolute Gasteiger partial charge is 0.419 e. The average Bonchev–Trinajstić information content (AvgIpc) is 2.74. The molecule has 0 fully saturated rings. The number of anilines is 1. The number of hydrogen-bond acceptors (Lipinski definition) is 5. The Balaban J connectivity index is 1.96. The van der Waals surface area contributed by atoms with Gasteiger partial charge in [-0.1, -0.05) is 32.9 Å². The Bertz CT molecular complexity index is 1200. The summed E-state index contributed by atoms with van der Waals surface area (Å²) < 4.78 is 43.3. The van der Waals surface area contributed by atoms with Gasteiger partial charge in [0.1, 0.15) is 11.6 Å². The van der Waals surface area contributed by atoms with Crippen molar-refractivity contribution in [2.75, 3.05) is 5.32 Å². The fourth-order valence-electron chi connectivity index (χ4n) is 4.81. The number of alkyl halides is 3. The summed E-state index contributed by atoms with van der Waals surface area (Å²) >= 11 is 0. The molecule has 1 heterocycles. The third kappa shape index (κ3) is 3.90. The lowest BCUT2D eigenvalue weighted by molar-refractivity contribution is -0.272. The molecule has 1 aliphatic carbocycles. The molecule has 0 saturated heterocycles. The molecule has 0 spiro atoms. The molecular formula is C25H28F3N3O2. The van der Waals surface area contributed by atoms with E-state index in [4.69, 9.17) is 0 Å². The highest BCUT2D eigenvalue weighted by Crippen LogP contribution is 2.55. The predicted octanol–water partition coefficient (Wildman–Crippen LogP) is 6.11. The van der Waals surface area contributed by atoms with E-state index < -0.39 is 30.2 Å². The Morgan fingerprint density at radius 3 is 2.61 bits per heavy atom. The Hall–Kier alpha value is -2.87. The van der Waals surface area contributed by atoms with Crippen LogP contribution in [0, 0.1) is 6.92 Å². The molecule has 3 N–H and O–H groups in total. The van der Waals surface area contributed by atoms with E-state index in [1.807, 2.05) is 13.8 Å². The van der Waals surface area contributed by atoms with Gasteiger partial charge in [0.15, 0.2) is 5.60 Å². The van der Waals surface area contributed by atoms with Crippen molar-refractivity contribution in [1.29, 1.82) is 0 Å². The molecule has 3 aromatic rings. The lowest BCUT2D eigenvalue weighted by atomic mass is 9.68. The first-order chi connectivity index (χ1) is 15.5. The van der Waals surface area contributed by atoms with Gasteiger partial charge in [0.25, 0.3) is 0 Å². The number of hydrogen-bond donors (Lipinski definition) is 3. The number of halogens is 3. The average molecular weight is 460 g/mol. The normalized spacial score (nSPS) is 23.1. The molecule has 33 heavy (non-hydrogen) atoms. The van der Waals surface area contributed by atoms with E-state index in [2.05, 4.69) is 15.3 Å². The number of aromatic nitrogens is 2. The topological polar surface area (TPSA) is 78.3 Å². The summed E-state index contributed by atoms with van der Waals surface area (Å²) in [5.41, 5.74) is -0.630. The third-order valence-corrected chi connectivity index (χ3v) is 6.66. The van der Waals surface area contributed by atoms with Gasteiger partial charge in [0.2, 0.25) is 0 Å². The summed E-state index contributed by atoms with van der Waals surface area (Å²) in [5.74, 6) is -0.135. The van der Waals surface area contributed by atoms with E-state index >= 15 is 0 Å². The molecule has 3 atom stereocenters. The van der Waals surface area contributed by atoms with Crippen LogP contribution >= 0.6 is 0 Å². The zero-order chi connectivity index (χ0) is 24.1. The minimum Gasteiger partial charge on any atom is -0.508 e. The van der Waals surface area contributed by atoms with Crippen molar-refractivity contribution in [3.05, 3.63) is 59.0 Å². The maximum absolute atomic E-state index is 14.4. The van der Waals surface area contributed by atoms with Gasteiger partial charge in [-0.05, 0) is 60.9 Å². The number of phenolic OH excluding ortho intramolecular Hbond substituents is 1. The van der Waals surface area contributed by atoms with Gasteiger partial charge in [-0.25, -0.2) is 9.97 Å². The van der Waals surface area contributed by atoms with Gasteiger partial charge in [0, 0.05) is 22.8 Å². The number of benzene rings is 2. The quantitative estimate of drug-likeness (QED) is 0.439. The Morgan fingerprint density at radius 2 is 1.97 bits per heavy atom. The van der Waals surface area contributed by atoms with Gasteiger partial charge in [-0.15, -0.1) is 0 Å². The maximum atomic E-state index is 14.4. The van der Waals surface area contributed by atoms with Crippen molar-refractivity contribution >= 4 is 16.6 Å². The van der Waals surface area contributed by atoms with Gasteiger partial charge in [-0.2, -0.15) is 13.2 Å². The molecule has 0 amide bonds. The minimum absolute atomic E-state index is 0.0169. The fraction of sp³-hybridized carbons (Fsp3) is 0.440. The second kappa shape index (κ2) is 8.17. The fourth-order valence-corrected chi connectivity index (χ4v) is 4.81. The number of nitrogens with zero attached hydrogens (tertiary/aromatic N) is 2. The van der Waals surface area contributed by atoms with Crippen LogP contribution in [0.25, 0.3) is 10.9 Å². The molecule has 4 rings (SSSR count). The Labute approximate surface area is 190 Å². The van der Waals surface area contributed by atoms with Crippen LogP contribution in [0.1, 0.15) is 74.0 Å². The van der Waals surface area contributed by atoms with Crippen molar-refractivity contribution < 1.29 is 23.4 Å². The molecular weight excluding hydrogens is 431 g/mol. The second-order valence-corrected chi connectivity index (χ2v) is 9.16. The number of aryl methyl sites for hydroxylation is 1. The molecule has 0 radical (unpaired) electrons. The van der Waals surface area contributed by atoms with Crippen LogP contribution in [-0.2, 0) is 0 Å². The van der Waals surface area contributed by atoms with Crippen LogP contribution in [-0.4, -0.2) is 32.0 Å². The van der Waals surface area contributed by atoms with Crippen LogP contribution in [0.2, 0.25) is 0 Å². The summed E-state index contributed by atoms with van der Waals surface area (Å²) in [6.45, 7) is 7.31. The molecule has 1 aromatic heterocycles. The van der Waals surface area contributed by atoms with Crippen molar-refractivity contribution in [3.63, 3.8) is 0 Å². The summed E-state index contributed by atoms with van der Waals surface area (Å²) in [7, 11) is 0. The number of phenols is 1. The summed E-state index contributed by atoms with van der Waals surface area (Å²) in [6, 6.07) is 6.89. The predicted molar refractivity (Wildman–Crippen MR) is 121 cm³/mol. The van der Waals surface area contributed by atoms with E-state index in [1.165, 1.54) is 0 Å². The monoisotopic (exact) mass is 459 g/mol. The third-order valence-electron chi connectivity index (χ3n) is 6.66. The van der Waals surface area contributed by atoms with E-state index in [0.29, 0.717) is 40.0 Å². The lowest BCUT2D eigenvalue weighted by Gasteiger charge is -2.46. The summed E-state index contributed by atoms with van der Waals surface area (Å²) in [5, 5.41) is 25.6. The van der Waals surface area contributed by atoms with E-state index in [9.17, 15) is 23.4 Å². The van der Waals surface area contributed by atoms with Crippen molar-refractivity contribution in [2.45, 2.75) is 70.2 Å². The number of aliphatic hydroxyl groups is 1. The highest BCUT2D eigenvalue weighted by Gasteiger charge is 2.62. The van der Waals surface area contributed by atoms with E-state index in [1.54, 1.807) is 50.4 Å². The van der Waals surface area contributed by atoms with Crippen molar-refractivity contribution in [2.24, 2.45) is 0 Å². The highest BCUT2D eigenvalue weighted by molar-refractivity contribution is 5.91. The van der Waals surface area contributed by atoms with Gasteiger partial charge in [-0.3, -0.25) is 0 Å². The largest absolute Gasteiger partial charge is 0.508 e. The number of fused-ring (bicyclic) bond motifs is 2.